The Morgan fingerprint density at radius 1 is 1.08 bits per heavy atom. The minimum absolute atomic E-state index is 0.0377. The lowest BCUT2D eigenvalue weighted by molar-refractivity contribution is 0.0238. The van der Waals surface area contributed by atoms with Gasteiger partial charge in [-0.25, -0.2) is 0 Å². The first-order valence-corrected chi connectivity index (χ1v) is 5.72. The summed E-state index contributed by atoms with van der Waals surface area (Å²) in [6.45, 7) is 2.05. The Bertz CT molecular complexity index is 186. The van der Waals surface area contributed by atoms with Crippen molar-refractivity contribution in [1.82, 2.24) is 5.32 Å². The van der Waals surface area contributed by atoms with Crippen LogP contribution in [0.3, 0.4) is 0 Å². The zero-order valence-electron chi connectivity index (χ0n) is 7.42. The molecule has 0 amide bonds. The van der Waals surface area contributed by atoms with Crippen molar-refractivity contribution in [1.29, 1.82) is 0 Å². The van der Waals surface area contributed by atoms with Gasteiger partial charge in [-0.15, -0.1) is 23.2 Å². The maximum Gasteiger partial charge on any atom is 0.0587 e. The summed E-state index contributed by atoms with van der Waals surface area (Å²) in [7, 11) is 0. The van der Waals surface area contributed by atoms with E-state index in [2.05, 4.69) is 5.32 Å². The van der Waals surface area contributed by atoms with Crippen molar-refractivity contribution >= 4 is 23.2 Å². The van der Waals surface area contributed by atoms with Gasteiger partial charge in [0.05, 0.1) is 16.9 Å². The summed E-state index contributed by atoms with van der Waals surface area (Å²) in [6, 6.07) is 0. The van der Waals surface area contributed by atoms with Gasteiger partial charge in [-0.05, 0) is 37.8 Å². The fourth-order valence-corrected chi connectivity index (χ4v) is 2.83. The summed E-state index contributed by atoms with van der Waals surface area (Å²) in [4.78, 5) is 0. The normalized spacial score (nSPS) is 47.3. The molecular weight excluding hydrogens is 209 g/mol. The quantitative estimate of drug-likeness (QED) is 0.656. The third-order valence-electron chi connectivity index (χ3n) is 3.27. The molecule has 2 N–H and O–H groups in total. The van der Waals surface area contributed by atoms with Crippen LogP contribution in [0.25, 0.3) is 0 Å². The van der Waals surface area contributed by atoms with E-state index in [-0.39, 0.29) is 16.9 Å². The van der Waals surface area contributed by atoms with Crippen molar-refractivity contribution in [2.75, 3.05) is 13.1 Å². The highest BCUT2D eigenvalue weighted by molar-refractivity contribution is 6.30. The SMILES string of the molecule is OC1CC(Cl)C(Cl)CC1C1CNC1. The molecule has 0 spiro atoms. The average molecular weight is 224 g/mol. The van der Waals surface area contributed by atoms with Gasteiger partial charge in [0.1, 0.15) is 0 Å². The van der Waals surface area contributed by atoms with Gasteiger partial charge in [-0.3, -0.25) is 0 Å². The van der Waals surface area contributed by atoms with Gasteiger partial charge < -0.3 is 10.4 Å². The smallest absolute Gasteiger partial charge is 0.0587 e. The Morgan fingerprint density at radius 3 is 2.23 bits per heavy atom. The van der Waals surface area contributed by atoms with Gasteiger partial charge in [-0.1, -0.05) is 0 Å². The van der Waals surface area contributed by atoms with Crippen LogP contribution in [-0.4, -0.2) is 35.1 Å². The van der Waals surface area contributed by atoms with Crippen LogP contribution in [0.2, 0.25) is 0 Å². The van der Waals surface area contributed by atoms with Crippen LogP contribution in [0.5, 0.6) is 0 Å². The van der Waals surface area contributed by atoms with Crippen LogP contribution in [-0.2, 0) is 0 Å². The van der Waals surface area contributed by atoms with Crippen molar-refractivity contribution < 1.29 is 5.11 Å². The maximum absolute atomic E-state index is 9.82. The molecule has 2 aliphatic rings. The van der Waals surface area contributed by atoms with E-state index in [0.717, 1.165) is 19.5 Å². The summed E-state index contributed by atoms with van der Waals surface area (Å²) in [6.07, 6.45) is 1.27. The van der Waals surface area contributed by atoms with Crippen LogP contribution >= 0.6 is 23.2 Å². The first-order valence-electron chi connectivity index (χ1n) is 4.85. The predicted molar refractivity (Wildman–Crippen MR) is 54.4 cm³/mol. The van der Waals surface area contributed by atoms with E-state index in [9.17, 15) is 5.11 Å². The van der Waals surface area contributed by atoms with E-state index < -0.39 is 0 Å². The molecular formula is C9H15Cl2NO. The molecule has 2 nitrogen and oxygen atoms in total. The predicted octanol–water partition coefficient (Wildman–Crippen LogP) is 1.19. The molecule has 4 atom stereocenters. The number of halogens is 2. The van der Waals surface area contributed by atoms with Gasteiger partial charge in [0.25, 0.3) is 0 Å². The minimum Gasteiger partial charge on any atom is -0.393 e. The number of aliphatic hydroxyl groups is 1. The fourth-order valence-electron chi connectivity index (χ4n) is 2.24. The molecule has 1 aliphatic heterocycles. The Labute approximate surface area is 88.6 Å². The van der Waals surface area contributed by atoms with E-state index in [1.165, 1.54) is 0 Å². The van der Waals surface area contributed by atoms with Gasteiger partial charge in [0.2, 0.25) is 0 Å². The van der Waals surface area contributed by atoms with E-state index in [1.807, 2.05) is 0 Å². The zero-order chi connectivity index (χ0) is 9.42. The molecule has 4 unspecified atom stereocenters. The first kappa shape index (κ1) is 10.0. The topological polar surface area (TPSA) is 32.3 Å². The molecule has 0 aromatic rings. The second-order valence-corrected chi connectivity index (χ2v) is 5.27. The number of hydrogen-bond donors (Lipinski definition) is 2. The molecule has 0 radical (unpaired) electrons. The van der Waals surface area contributed by atoms with Crippen LogP contribution in [0.4, 0.5) is 0 Å². The number of rotatable bonds is 1. The highest BCUT2D eigenvalue weighted by Gasteiger charge is 2.40. The molecule has 1 saturated heterocycles. The standard InChI is InChI=1S/C9H15Cl2NO/c10-7-1-6(5-3-12-4-5)9(13)2-8(7)11/h5-9,12-13H,1-4H2. The van der Waals surface area contributed by atoms with E-state index in [0.29, 0.717) is 18.3 Å². The molecule has 76 valence electrons. The minimum atomic E-state index is -0.246. The summed E-state index contributed by atoms with van der Waals surface area (Å²) in [5.74, 6) is 0.971. The number of alkyl halides is 2. The Morgan fingerprint density at radius 2 is 1.69 bits per heavy atom. The fraction of sp³-hybridized carbons (Fsp3) is 1.00. The van der Waals surface area contributed by atoms with Crippen molar-refractivity contribution in [3.63, 3.8) is 0 Å². The lowest BCUT2D eigenvalue weighted by atomic mass is 9.75. The van der Waals surface area contributed by atoms with Crippen molar-refractivity contribution in [3.8, 4) is 0 Å². The van der Waals surface area contributed by atoms with Gasteiger partial charge >= 0.3 is 0 Å². The highest BCUT2D eigenvalue weighted by Crippen LogP contribution is 2.37. The third-order valence-corrected chi connectivity index (χ3v) is 4.36. The summed E-state index contributed by atoms with van der Waals surface area (Å²) in [5.41, 5.74) is 0. The van der Waals surface area contributed by atoms with Crippen LogP contribution in [0.1, 0.15) is 12.8 Å². The van der Waals surface area contributed by atoms with Crippen LogP contribution in [0, 0.1) is 11.8 Å². The third kappa shape index (κ3) is 1.96. The Kier molecular flexibility index (Phi) is 3.04. The van der Waals surface area contributed by atoms with Crippen molar-refractivity contribution in [3.05, 3.63) is 0 Å². The lowest BCUT2D eigenvalue weighted by Crippen LogP contribution is -2.52. The molecule has 13 heavy (non-hydrogen) atoms. The molecule has 2 rings (SSSR count). The number of nitrogens with one attached hydrogen (secondary N) is 1. The van der Waals surface area contributed by atoms with Gasteiger partial charge in [-0.2, -0.15) is 0 Å². The van der Waals surface area contributed by atoms with E-state index in [1.54, 1.807) is 0 Å². The second kappa shape index (κ2) is 3.93. The summed E-state index contributed by atoms with van der Waals surface area (Å²) < 4.78 is 0. The van der Waals surface area contributed by atoms with Crippen molar-refractivity contribution in [2.45, 2.75) is 29.7 Å². The molecule has 1 aliphatic carbocycles. The number of aliphatic hydroxyl groups excluding tert-OH is 1. The van der Waals surface area contributed by atoms with Crippen LogP contribution in [0.15, 0.2) is 0 Å². The maximum atomic E-state index is 9.82. The molecule has 1 heterocycles. The molecule has 0 aromatic heterocycles. The monoisotopic (exact) mass is 223 g/mol. The lowest BCUT2D eigenvalue weighted by Gasteiger charge is -2.42. The summed E-state index contributed by atoms with van der Waals surface area (Å²) >= 11 is 12.1. The van der Waals surface area contributed by atoms with E-state index >= 15 is 0 Å². The highest BCUT2D eigenvalue weighted by atomic mass is 35.5. The average Bonchev–Trinajstić information content (AvgIpc) is 1.96. The Hall–Kier alpha value is 0.500. The van der Waals surface area contributed by atoms with E-state index in [4.69, 9.17) is 23.2 Å². The molecule has 2 fully saturated rings. The first-order chi connectivity index (χ1) is 6.18. The molecule has 0 bridgehead atoms. The second-order valence-electron chi connectivity index (χ2n) is 4.15. The van der Waals surface area contributed by atoms with Crippen LogP contribution < -0.4 is 5.32 Å². The van der Waals surface area contributed by atoms with Gasteiger partial charge in [0, 0.05) is 0 Å². The largest absolute Gasteiger partial charge is 0.393 e. The molecule has 1 saturated carbocycles. The Balaban J connectivity index is 1.94. The van der Waals surface area contributed by atoms with Gasteiger partial charge in [0.15, 0.2) is 0 Å². The molecule has 0 aromatic carbocycles. The summed E-state index contributed by atoms with van der Waals surface area (Å²) in [5, 5.41) is 13.0. The number of hydrogen-bond acceptors (Lipinski definition) is 2. The molecule has 4 heteroatoms. The van der Waals surface area contributed by atoms with Crippen molar-refractivity contribution in [2.24, 2.45) is 11.8 Å². The zero-order valence-corrected chi connectivity index (χ0v) is 8.93.